The summed E-state index contributed by atoms with van der Waals surface area (Å²) >= 11 is 0. The van der Waals surface area contributed by atoms with Crippen molar-refractivity contribution in [3.05, 3.63) is 207 Å². The lowest BCUT2D eigenvalue weighted by Gasteiger charge is -2.25. The third-order valence-corrected chi connectivity index (χ3v) is 12.5. The molecular formula is C76H116NO8+. The second kappa shape index (κ2) is 63.9. The number of carbonyl (C=O) groups is 3. The van der Waals surface area contributed by atoms with Gasteiger partial charge in [-0.1, -0.05) is 240 Å². The van der Waals surface area contributed by atoms with E-state index in [0.717, 1.165) is 154 Å². The first-order valence-corrected chi connectivity index (χ1v) is 32.2. The van der Waals surface area contributed by atoms with E-state index < -0.39 is 24.3 Å². The standard InChI is InChI=1S/C76H115NO8/c1-6-8-10-12-14-16-18-20-22-24-26-28-30-32-34-35-36-37-38-39-41-43-45-47-49-51-53-55-57-59-61-63-65-67-74(79)85-72(71-84-76(75(80)81)82-69-68-77(3,4)5)70-83-73(78)66-64-62-60-58-56-54-52-50-48-46-44-42-40-33-31-29-27-25-23-21-19-17-15-13-11-9-7-2/h8-11,14-17,20-23,26-29,32-34,36-37,39-41,44-47,50-53,57,59,72,76H,6-7,12-13,18-19,24-25,30-31,35,38,42-43,48-49,54-56,58,60-71H2,1-5H3/p+1/b10-8-,11-9-,16-14-,17-15-,22-20-,23-21-,28-26-,29-27-,34-32-,37-36-,40-33-,41-39-,46-44-,47-45-,52-50-,53-51-,59-57-. The molecule has 85 heavy (non-hydrogen) atoms. The van der Waals surface area contributed by atoms with Crippen molar-refractivity contribution in [2.45, 2.75) is 206 Å². The fourth-order valence-corrected chi connectivity index (χ4v) is 7.67. The van der Waals surface area contributed by atoms with Crippen molar-refractivity contribution in [3.8, 4) is 0 Å². The number of unbranched alkanes of at least 4 members (excludes halogenated alkanes) is 7. The Morgan fingerprint density at radius 3 is 0.965 bits per heavy atom. The summed E-state index contributed by atoms with van der Waals surface area (Å²) < 4.78 is 22.8. The van der Waals surface area contributed by atoms with E-state index in [-0.39, 0.29) is 38.6 Å². The highest BCUT2D eigenvalue weighted by molar-refractivity contribution is 5.71. The highest BCUT2D eigenvalue weighted by atomic mass is 16.7. The summed E-state index contributed by atoms with van der Waals surface area (Å²) in [5, 5.41) is 9.73. The maximum absolute atomic E-state index is 12.9. The van der Waals surface area contributed by atoms with Crippen LogP contribution in [0.3, 0.4) is 0 Å². The summed E-state index contributed by atoms with van der Waals surface area (Å²) in [6.45, 7) is 4.53. The van der Waals surface area contributed by atoms with E-state index in [9.17, 15) is 19.5 Å². The van der Waals surface area contributed by atoms with Crippen molar-refractivity contribution >= 4 is 17.9 Å². The van der Waals surface area contributed by atoms with Crippen LogP contribution in [0.25, 0.3) is 0 Å². The van der Waals surface area contributed by atoms with Crippen LogP contribution in [0.5, 0.6) is 0 Å². The molecular weight excluding hydrogens is 1050 g/mol. The maximum Gasteiger partial charge on any atom is 0.361 e. The Morgan fingerprint density at radius 1 is 0.353 bits per heavy atom. The van der Waals surface area contributed by atoms with Crippen molar-refractivity contribution in [2.24, 2.45) is 0 Å². The largest absolute Gasteiger partial charge is 0.477 e. The van der Waals surface area contributed by atoms with E-state index in [0.29, 0.717) is 23.9 Å². The molecule has 0 radical (unpaired) electrons. The quantitative estimate of drug-likeness (QED) is 0.0211. The molecule has 0 aromatic carbocycles. The fraction of sp³-hybridized carbons (Fsp3) is 0.513. The summed E-state index contributed by atoms with van der Waals surface area (Å²) in [7, 11) is 5.93. The summed E-state index contributed by atoms with van der Waals surface area (Å²) in [6.07, 6.45) is 97.7. The highest BCUT2D eigenvalue weighted by Crippen LogP contribution is 2.12. The number of aliphatic carboxylic acids is 1. The van der Waals surface area contributed by atoms with Gasteiger partial charge in [-0.15, -0.1) is 0 Å². The van der Waals surface area contributed by atoms with Gasteiger partial charge in [-0.05, 0) is 148 Å². The Bertz CT molecular complexity index is 2140. The van der Waals surface area contributed by atoms with Crippen LogP contribution in [0.4, 0.5) is 0 Å². The highest BCUT2D eigenvalue weighted by Gasteiger charge is 2.25. The second-order valence-electron chi connectivity index (χ2n) is 21.6. The van der Waals surface area contributed by atoms with Gasteiger partial charge in [0.15, 0.2) is 6.10 Å². The van der Waals surface area contributed by atoms with Gasteiger partial charge >= 0.3 is 17.9 Å². The van der Waals surface area contributed by atoms with Crippen molar-refractivity contribution in [2.75, 3.05) is 47.5 Å². The van der Waals surface area contributed by atoms with Crippen molar-refractivity contribution < 1.29 is 42.9 Å². The monoisotopic (exact) mass is 1170 g/mol. The van der Waals surface area contributed by atoms with Crippen molar-refractivity contribution in [1.82, 2.24) is 0 Å². The number of nitrogens with zero attached hydrogens (tertiary/aromatic N) is 1. The minimum Gasteiger partial charge on any atom is -0.477 e. The molecule has 0 heterocycles. The third kappa shape index (κ3) is 65.3. The van der Waals surface area contributed by atoms with E-state index in [2.05, 4.69) is 220 Å². The van der Waals surface area contributed by atoms with Gasteiger partial charge in [-0.2, -0.15) is 0 Å². The Morgan fingerprint density at radius 2 is 0.635 bits per heavy atom. The van der Waals surface area contributed by atoms with Gasteiger partial charge in [0.2, 0.25) is 0 Å². The van der Waals surface area contributed by atoms with Crippen LogP contribution >= 0.6 is 0 Å². The second-order valence-corrected chi connectivity index (χ2v) is 21.6. The zero-order chi connectivity index (χ0) is 61.9. The van der Waals surface area contributed by atoms with Crippen molar-refractivity contribution in [3.63, 3.8) is 0 Å². The first-order chi connectivity index (χ1) is 41.6. The van der Waals surface area contributed by atoms with Gasteiger partial charge in [-0.3, -0.25) is 9.59 Å². The summed E-state index contributed by atoms with van der Waals surface area (Å²) in [4.78, 5) is 37.5. The van der Waals surface area contributed by atoms with Gasteiger partial charge in [-0.25, -0.2) is 4.79 Å². The van der Waals surface area contributed by atoms with E-state index in [1.807, 2.05) is 21.1 Å². The molecule has 0 rings (SSSR count). The van der Waals surface area contributed by atoms with E-state index in [4.69, 9.17) is 18.9 Å². The number of carboxylic acids is 1. The lowest BCUT2D eigenvalue weighted by Crippen LogP contribution is -2.40. The molecule has 0 aliphatic carbocycles. The SMILES string of the molecule is CC/C=C\C/C=C\C/C=C\C/C=C\C/C=C\C/C=C\C/C=C\C/C=C\C/C=C\C/C=C\CCCCC(=O)OC(COC(=O)CCCCCCC/C=C\C/C=C\C/C=C\C/C=C\C/C=C\C/C=C\C/C=C\CC)COC(OCC[N+](C)(C)C)C(=O)O. The molecule has 0 saturated heterocycles. The average Bonchev–Trinajstić information content (AvgIpc) is 3.49. The normalized spacial score (nSPS) is 14.1. The molecule has 0 aromatic rings. The van der Waals surface area contributed by atoms with Gasteiger partial charge in [0, 0.05) is 12.8 Å². The Hall–Kier alpha value is -6.13. The van der Waals surface area contributed by atoms with E-state index in [1.54, 1.807) is 0 Å². The molecule has 0 aliphatic heterocycles. The predicted octanol–water partition coefficient (Wildman–Crippen LogP) is 20.0. The molecule has 472 valence electrons. The smallest absolute Gasteiger partial charge is 0.361 e. The van der Waals surface area contributed by atoms with Crippen LogP contribution in [-0.4, -0.2) is 87.4 Å². The summed E-state index contributed by atoms with van der Waals surface area (Å²) in [5.74, 6) is -2.12. The number of likely N-dealkylation sites (N-methyl/N-ethyl adjacent to an activating group) is 1. The molecule has 2 atom stereocenters. The molecule has 0 aliphatic rings. The lowest BCUT2D eigenvalue weighted by molar-refractivity contribution is -0.870. The number of esters is 2. The minimum absolute atomic E-state index is 0.162. The predicted molar refractivity (Wildman–Crippen MR) is 363 cm³/mol. The van der Waals surface area contributed by atoms with Gasteiger partial charge < -0.3 is 28.5 Å². The maximum atomic E-state index is 12.9. The first-order valence-electron chi connectivity index (χ1n) is 32.2. The number of rotatable bonds is 56. The van der Waals surface area contributed by atoms with Gasteiger partial charge in [0.1, 0.15) is 13.2 Å². The fourth-order valence-electron chi connectivity index (χ4n) is 7.67. The molecule has 9 heteroatoms. The lowest BCUT2D eigenvalue weighted by atomic mass is 10.1. The Kier molecular flexibility index (Phi) is 59.3. The number of hydrogen-bond donors (Lipinski definition) is 1. The zero-order valence-corrected chi connectivity index (χ0v) is 53.7. The van der Waals surface area contributed by atoms with Crippen LogP contribution in [0.2, 0.25) is 0 Å². The van der Waals surface area contributed by atoms with Gasteiger partial charge in [0.25, 0.3) is 6.29 Å². The zero-order valence-electron chi connectivity index (χ0n) is 53.7. The number of allylic oxidation sites excluding steroid dienone is 34. The number of ether oxygens (including phenoxy) is 4. The molecule has 2 unspecified atom stereocenters. The van der Waals surface area contributed by atoms with Crippen LogP contribution in [-0.2, 0) is 33.3 Å². The summed E-state index contributed by atoms with van der Waals surface area (Å²) in [6, 6.07) is 0. The molecule has 0 aromatic heterocycles. The number of carbonyl (C=O) groups excluding carboxylic acids is 2. The number of quaternary nitrogens is 1. The minimum atomic E-state index is -1.54. The molecule has 0 fully saturated rings. The molecule has 0 amide bonds. The molecule has 0 saturated carbocycles. The molecule has 0 bridgehead atoms. The number of carboxylic acid groups (broad SMARTS) is 1. The van der Waals surface area contributed by atoms with Crippen LogP contribution in [0, 0.1) is 0 Å². The average molecular weight is 1170 g/mol. The molecule has 0 spiro atoms. The Labute approximate surface area is 518 Å². The Balaban J connectivity index is 4.40. The van der Waals surface area contributed by atoms with Gasteiger partial charge in [0.05, 0.1) is 34.4 Å². The number of hydrogen-bond acceptors (Lipinski definition) is 7. The van der Waals surface area contributed by atoms with E-state index >= 15 is 0 Å². The first kappa shape index (κ1) is 78.9. The molecule has 1 N–H and O–H groups in total. The van der Waals surface area contributed by atoms with Crippen molar-refractivity contribution in [1.29, 1.82) is 0 Å². The third-order valence-electron chi connectivity index (χ3n) is 12.5. The molecule has 9 nitrogen and oxygen atoms in total. The topological polar surface area (TPSA) is 108 Å². The van der Waals surface area contributed by atoms with Crippen LogP contribution in [0.15, 0.2) is 207 Å². The van der Waals surface area contributed by atoms with E-state index in [1.165, 1.54) is 0 Å². The van der Waals surface area contributed by atoms with Crippen LogP contribution in [0.1, 0.15) is 194 Å². The van der Waals surface area contributed by atoms with Crippen LogP contribution < -0.4 is 0 Å². The summed E-state index contributed by atoms with van der Waals surface area (Å²) in [5.41, 5.74) is 0.